The standard InChI is InChI=1S/C7H5O6S/c8-4-2-1-3-5(14(11,12)13)6(4)7(9)10/h1,3,8H,(H,9,10)(H,11,12,13). The van der Waals surface area contributed by atoms with Crippen LogP contribution in [0.25, 0.3) is 0 Å². The van der Waals surface area contributed by atoms with Crippen LogP contribution >= 0.6 is 0 Å². The first-order valence-electron chi connectivity index (χ1n) is 3.28. The monoisotopic (exact) mass is 217 g/mol. The van der Waals surface area contributed by atoms with Gasteiger partial charge in [-0.25, -0.2) is 4.79 Å². The van der Waals surface area contributed by atoms with Crippen LogP contribution in [-0.4, -0.2) is 29.2 Å². The van der Waals surface area contributed by atoms with Crippen molar-refractivity contribution in [3.05, 3.63) is 23.8 Å². The van der Waals surface area contributed by atoms with Crippen molar-refractivity contribution >= 4 is 16.1 Å². The minimum atomic E-state index is -4.66. The van der Waals surface area contributed by atoms with Gasteiger partial charge in [-0.3, -0.25) is 4.55 Å². The number of carboxylic acids is 1. The first kappa shape index (κ1) is 10.5. The van der Waals surface area contributed by atoms with Gasteiger partial charge in [-0.05, 0) is 12.1 Å². The molecule has 6 nitrogen and oxygen atoms in total. The highest BCUT2D eigenvalue weighted by atomic mass is 32.2. The Hall–Kier alpha value is -1.60. The number of hydrogen-bond donors (Lipinski definition) is 3. The summed E-state index contributed by atoms with van der Waals surface area (Å²) in [6.45, 7) is 0. The molecule has 0 bridgehead atoms. The Morgan fingerprint density at radius 2 is 2.00 bits per heavy atom. The average Bonchev–Trinajstić information content (AvgIpc) is 2.01. The van der Waals surface area contributed by atoms with Crippen LogP contribution in [0.15, 0.2) is 17.0 Å². The van der Waals surface area contributed by atoms with E-state index >= 15 is 0 Å². The van der Waals surface area contributed by atoms with Crippen LogP contribution in [0.3, 0.4) is 0 Å². The Kier molecular flexibility index (Phi) is 2.45. The molecule has 0 amide bonds. The Balaban J connectivity index is 3.61. The Morgan fingerprint density at radius 1 is 1.43 bits per heavy atom. The highest BCUT2D eigenvalue weighted by Gasteiger charge is 2.23. The van der Waals surface area contributed by atoms with Crippen molar-refractivity contribution in [1.29, 1.82) is 0 Å². The lowest BCUT2D eigenvalue weighted by Gasteiger charge is -2.03. The number of rotatable bonds is 2. The van der Waals surface area contributed by atoms with E-state index < -0.39 is 32.3 Å². The normalized spacial score (nSPS) is 11.2. The summed E-state index contributed by atoms with van der Waals surface area (Å²) in [7, 11) is -4.66. The van der Waals surface area contributed by atoms with Gasteiger partial charge in [0.2, 0.25) is 0 Å². The molecule has 0 saturated carbocycles. The van der Waals surface area contributed by atoms with Gasteiger partial charge in [0.15, 0.2) is 0 Å². The minimum Gasteiger partial charge on any atom is -0.506 e. The van der Waals surface area contributed by atoms with Crippen molar-refractivity contribution in [2.45, 2.75) is 4.90 Å². The molecule has 75 valence electrons. The zero-order valence-electron chi connectivity index (χ0n) is 6.63. The molecule has 1 aromatic rings. The summed E-state index contributed by atoms with van der Waals surface area (Å²) < 4.78 is 30.0. The molecule has 0 aromatic heterocycles. The van der Waals surface area contributed by atoms with Gasteiger partial charge in [-0.1, -0.05) is 0 Å². The first-order valence-corrected chi connectivity index (χ1v) is 4.72. The summed E-state index contributed by atoms with van der Waals surface area (Å²) in [5.41, 5.74) is -0.894. The maximum atomic E-state index is 10.7. The fourth-order valence-electron chi connectivity index (χ4n) is 0.890. The van der Waals surface area contributed by atoms with Gasteiger partial charge in [-0.15, -0.1) is 0 Å². The second kappa shape index (κ2) is 3.28. The number of phenols is 1. The molecular formula is C7H5O6S. The third-order valence-corrected chi connectivity index (χ3v) is 2.33. The van der Waals surface area contributed by atoms with Crippen LogP contribution in [0.5, 0.6) is 5.75 Å². The first-order chi connectivity index (χ1) is 6.34. The fourth-order valence-corrected chi connectivity index (χ4v) is 1.57. The van der Waals surface area contributed by atoms with Crippen molar-refractivity contribution in [1.82, 2.24) is 0 Å². The van der Waals surface area contributed by atoms with Gasteiger partial charge in [0.1, 0.15) is 16.2 Å². The molecule has 0 spiro atoms. The van der Waals surface area contributed by atoms with Crippen molar-refractivity contribution in [2.24, 2.45) is 0 Å². The van der Waals surface area contributed by atoms with Gasteiger partial charge in [0, 0.05) is 6.07 Å². The number of carboxylic acid groups (broad SMARTS) is 1. The lowest BCUT2D eigenvalue weighted by Crippen LogP contribution is -2.08. The molecule has 14 heavy (non-hydrogen) atoms. The molecule has 0 fully saturated rings. The van der Waals surface area contributed by atoms with Gasteiger partial charge in [0.25, 0.3) is 10.1 Å². The smallest absolute Gasteiger partial charge is 0.340 e. The average molecular weight is 217 g/mol. The molecule has 0 unspecified atom stereocenters. The predicted molar refractivity (Wildman–Crippen MR) is 43.7 cm³/mol. The molecule has 0 aliphatic carbocycles. The zero-order chi connectivity index (χ0) is 10.9. The molecule has 0 aliphatic heterocycles. The van der Waals surface area contributed by atoms with E-state index in [0.717, 1.165) is 12.1 Å². The molecule has 1 rings (SSSR count). The van der Waals surface area contributed by atoms with Gasteiger partial charge >= 0.3 is 5.97 Å². The van der Waals surface area contributed by atoms with Crippen molar-refractivity contribution in [2.75, 3.05) is 0 Å². The SMILES string of the molecule is O=C(O)c1c(O)[c]ccc1S(=O)(=O)O. The summed E-state index contributed by atoms with van der Waals surface area (Å²) in [4.78, 5) is 9.67. The highest BCUT2D eigenvalue weighted by Crippen LogP contribution is 2.23. The number of carbonyl (C=O) groups is 1. The van der Waals surface area contributed by atoms with E-state index in [1.54, 1.807) is 0 Å². The topological polar surface area (TPSA) is 112 Å². The van der Waals surface area contributed by atoms with E-state index in [2.05, 4.69) is 6.07 Å². The molecule has 7 heteroatoms. The molecule has 0 heterocycles. The molecule has 3 N–H and O–H groups in total. The molecule has 1 aromatic carbocycles. The molecule has 1 radical (unpaired) electrons. The maximum Gasteiger partial charge on any atom is 0.340 e. The van der Waals surface area contributed by atoms with Crippen LogP contribution in [-0.2, 0) is 10.1 Å². The third kappa shape index (κ3) is 1.83. The summed E-state index contributed by atoms with van der Waals surface area (Å²) in [5.74, 6) is -2.50. The lowest BCUT2D eigenvalue weighted by molar-refractivity contribution is 0.0689. The van der Waals surface area contributed by atoms with Crippen molar-refractivity contribution < 1.29 is 28.0 Å². The zero-order valence-corrected chi connectivity index (χ0v) is 7.45. The highest BCUT2D eigenvalue weighted by molar-refractivity contribution is 7.86. The van der Waals surface area contributed by atoms with E-state index in [0.29, 0.717) is 0 Å². The Labute approximate surface area is 79.2 Å². The number of aromatic hydroxyl groups is 1. The molecular weight excluding hydrogens is 212 g/mol. The van der Waals surface area contributed by atoms with E-state index in [-0.39, 0.29) is 0 Å². The number of aromatic carboxylic acids is 1. The fraction of sp³-hybridized carbons (Fsp3) is 0. The van der Waals surface area contributed by atoms with E-state index in [9.17, 15) is 13.2 Å². The largest absolute Gasteiger partial charge is 0.506 e. The summed E-state index contributed by atoms with van der Waals surface area (Å²) in [6.07, 6.45) is 0. The van der Waals surface area contributed by atoms with Crippen LogP contribution in [0.2, 0.25) is 0 Å². The minimum absolute atomic E-state index is 0.832. The van der Waals surface area contributed by atoms with E-state index in [1.807, 2.05) is 0 Å². The third-order valence-electron chi connectivity index (χ3n) is 1.43. The van der Waals surface area contributed by atoms with Crippen molar-refractivity contribution in [3.8, 4) is 5.75 Å². The Bertz CT molecular complexity index is 475. The second-order valence-electron chi connectivity index (χ2n) is 2.35. The maximum absolute atomic E-state index is 10.7. The number of benzene rings is 1. The van der Waals surface area contributed by atoms with Crippen molar-refractivity contribution in [3.63, 3.8) is 0 Å². The van der Waals surface area contributed by atoms with Crippen LogP contribution < -0.4 is 0 Å². The predicted octanol–water partition coefficient (Wildman–Crippen LogP) is 0.137. The molecule has 0 saturated heterocycles. The molecule has 0 aliphatic rings. The van der Waals surface area contributed by atoms with Crippen LogP contribution in [0, 0.1) is 6.07 Å². The second-order valence-corrected chi connectivity index (χ2v) is 3.74. The number of hydrogen-bond acceptors (Lipinski definition) is 4. The van der Waals surface area contributed by atoms with Crippen LogP contribution in [0.1, 0.15) is 10.4 Å². The Morgan fingerprint density at radius 3 is 2.36 bits per heavy atom. The quantitative estimate of drug-likeness (QED) is 0.607. The summed E-state index contributed by atoms with van der Waals surface area (Å²) >= 11 is 0. The van der Waals surface area contributed by atoms with E-state index in [1.165, 1.54) is 0 Å². The van der Waals surface area contributed by atoms with Gasteiger partial charge in [0.05, 0.1) is 0 Å². The molecule has 0 atom stereocenters. The van der Waals surface area contributed by atoms with Gasteiger partial charge in [-0.2, -0.15) is 8.42 Å². The van der Waals surface area contributed by atoms with E-state index in [4.69, 9.17) is 14.8 Å². The summed E-state index contributed by atoms with van der Waals surface area (Å²) in [6, 6.07) is 3.92. The van der Waals surface area contributed by atoms with Crippen LogP contribution in [0.4, 0.5) is 0 Å². The van der Waals surface area contributed by atoms with Gasteiger partial charge < -0.3 is 10.2 Å². The summed E-state index contributed by atoms with van der Waals surface area (Å²) in [5, 5.41) is 17.6. The lowest BCUT2D eigenvalue weighted by atomic mass is 10.2.